The number of hydrogen-bond donors (Lipinski definition) is 2. The van der Waals surface area contributed by atoms with Gasteiger partial charge in [0.15, 0.2) is 5.75 Å². The van der Waals surface area contributed by atoms with Crippen molar-refractivity contribution in [3.63, 3.8) is 0 Å². The van der Waals surface area contributed by atoms with Crippen molar-refractivity contribution in [2.45, 2.75) is 33.2 Å². The van der Waals surface area contributed by atoms with E-state index in [1.165, 1.54) is 0 Å². The summed E-state index contributed by atoms with van der Waals surface area (Å²) in [6.45, 7) is 9.51. The van der Waals surface area contributed by atoms with Crippen molar-refractivity contribution < 1.29 is 10.0 Å². The molecule has 1 atom stereocenters. The molecule has 2 N–H and O–H groups in total. The molecule has 6 nitrogen and oxygen atoms in total. The molecule has 1 aromatic rings. The fourth-order valence-corrected chi connectivity index (χ4v) is 3.11. The van der Waals surface area contributed by atoms with Gasteiger partial charge >= 0.3 is 5.69 Å². The first-order chi connectivity index (χ1) is 10.4. The van der Waals surface area contributed by atoms with E-state index in [4.69, 9.17) is 0 Å². The number of benzene rings is 1. The average Bonchev–Trinajstić information content (AvgIpc) is 2.46. The number of aromatic hydroxyl groups is 1. The second-order valence-corrected chi connectivity index (χ2v) is 6.36. The van der Waals surface area contributed by atoms with Gasteiger partial charge in [-0.25, -0.2) is 0 Å². The van der Waals surface area contributed by atoms with Gasteiger partial charge in [-0.3, -0.25) is 15.0 Å². The zero-order chi connectivity index (χ0) is 16.3. The Morgan fingerprint density at radius 1 is 1.36 bits per heavy atom. The Kier molecular flexibility index (Phi) is 5.37. The molecule has 1 aromatic carbocycles. The summed E-state index contributed by atoms with van der Waals surface area (Å²) in [5.74, 6) is 0.272. The zero-order valence-corrected chi connectivity index (χ0v) is 13.5. The molecule has 0 aromatic heterocycles. The molecule has 0 radical (unpaired) electrons. The maximum atomic E-state index is 11.2. The van der Waals surface area contributed by atoms with Crippen LogP contribution in [0.1, 0.15) is 37.4 Å². The van der Waals surface area contributed by atoms with Crippen molar-refractivity contribution in [1.29, 1.82) is 0 Å². The van der Waals surface area contributed by atoms with E-state index in [1.807, 2.05) is 6.07 Å². The molecule has 22 heavy (non-hydrogen) atoms. The lowest BCUT2D eigenvalue weighted by molar-refractivity contribution is -0.386. The number of rotatable bonds is 5. The van der Waals surface area contributed by atoms with Crippen molar-refractivity contribution in [1.82, 2.24) is 10.2 Å². The highest BCUT2D eigenvalue weighted by atomic mass is 16.6. The number of hydrogen-bond acceptors (Lipinski definition) is 5. The van der Waals surface area contributed by atoms with E-state index < -0.39 is 4.92 Å². The minimum absolute atomic E-state index is 0.0152. The van der Waals surface area contributed by atoms with Gasteiger partial charge in [0.2, 0.25) is 0 Å². The molecule has 0 spiro atoms. The third-order valence-corrected chi connectivity index (χ3v) is 4.21. The quantitative estimate of drug-likeness (QED) is 0.646. The minimum Gasteiger partial charge on any atom is -0.502 e. The molecule has 1 saturated heterocycles. The van der Waals surface area contributed by atoms with E-state index in [-0.39, 0.29) is 17.5 Å². The summed E-state index contributed by atoms with van der Waals surface area (Å²) in [5.41, 5.74) is 1.00. The lowest BCUT2D eigenvalue weighted by Crippen LogP contribution is -2.45. The first kappa shape index (κ1) is 16.7. The highest BCUT2D eigenvalue weighted by Crippen LogP contribution is 2.40. The number of nitrogens with zero attached hydrogens (tertiary/aromatic N) is 2. The second-order valence-electron chi connectivity index (χ2n) is 6.36. The van der Waals surface area contributed by atoms with Crippen LogP contribution in [0.4, 0.5) is 5.69 Å². The van der Waals surface area contributed by atoms with Gasteiger partial charge in [-0.15, -0.1) is 0 Å². The first-order valence-electron chi connectivity index (χ1n) is 7.83. The maximum Gasteiger partial charge on any atom is 0.313 e. The number of phenols is 1. The first-order valence-corrected chi connectivity index (χ1v) is 7.83. The topological polar surface area (TPSA) is 78.6 Å². The molecule has 6 heteroatoms. The van der Waals surface area contributed by atoms with Gasteiger partial charge < -0.3 is 10.4 Å². The van der Waals surface area contributed by atoms with Gasteiger partial charge in [0.1, 0.15) is 0 Å². The highest BCUT2D eigenvalue weighted by molar-refractivity contribution is 5.56. The van der Waals surface area contributed by atoms with Crippen LogP contribution in [0, 0.1) is 23.0 Å². The smallest absolute Gasteiger partial charge is 0.313 e. The van der Waals surface area contributed by atoms with E-state index in [0.29, 0.717) is 17.0 Å². The molecular formula is C16H25N3O3. The van der Waals surface area contributed by atoms with Crippen LogP contribution in [-0.4, -0.2) is 41.1 Å². The normalized spacial score (nSPS) is 17.6. The van der Waals surface area contributed by atoms with Gasteiger partial charge in [0.25, 0.3) is 0 Å². The van der Waals surface area contributed by atoms with Gasteiger partial charge in [-0.1, -0.05) is 26.0 Å². The Bertz CT molecular complexity index is 540. The zero-order valence-electron chi connectivity index (χ0n) is 13.5. The van der Waals surface area contributed by atoms with Gasteiger partial charge in [-0.05, 0) is 19.3 Å². The molecule has 0 amide bonds. The lowest BCUT2D eigenvalue weighted by atomic mass is 9.93. The highest BCUT2D eigenvalue weighted by Gasteiger charge is 2.29. The maximum absolute atomic E-state index is 11.2. The fraction of sp³-hybridized carbons (Fsp3) is 0.625. The summed E-state index contributed by atoms with van der Waals surface area (Å²) in [6.07, 6.45) is 0.869. The minimum atomic E-state index is -0.488. The summed E-state index contributed by atoms with van der Waals surface area (Å²) in [5, 5.41) is 25.0. The molecule has 1 aliphatic heterocycles. The fourth-order valence-electron chi connectivity index (χ4n) is 3.11. The van der Waals surface area contributed by atoms with Crippen LogP contribution in [-0.2, 0) is 0 Å². The molecule has 0 saturated carbocycles. The SMILES string of the molecule is Cc1ccc([C@H](CC(C)C)N2CCNCC2)c(O)c1[N+](=O)[O-]. The molecule has 0 aliphatic carbocycles. The molecule has 0 bridgehead atoms. The van der Waals surface area contributed by atoms with Crippen molar-refractivity contribution in [2.75, 3.05) is 26.2 Å². The summed E-state index contributed by atoms with van der Waals surface area (Å²) in [4.78, 5) is 13.1. The monoisotopic (exact) mass is 307 g/mol. The van der Waals surface area contributed by atoms with Crippen LogP contribution in [0.2, 0.25) is 0 Å². The Balaban J connectivity index is 2.42. The summed E-state index contributed by atoms with van der Waals surface area (Å²) >= 11 is 0. The molecular weight excluding hydrogens is 282 g/mol. The number of phenolic OH excluding ortho intramolecular Hbond substituents is 1. The standard InChI is InChI=1S/C16H25N3O3/c1-11(2)10-14(18-8-6-17-7-9-18)13-5-4-12(3)15(16(13)20)19(21)22/h4-5,11,14,17,20H,6-10H2,1-3H3/t14-/m0/s1. The van der Waals surface area contributed by atoms with Crippen molar-refractivity contribution in [2.24, 2.45) is 5.92 Å². The Labute approximate surface area is 131 Å². The van der Waals surface area contributed by atoms with Gasteiger partial charge in [0.05, 0.1) is 4.92 Å². The number of piperazine rings is 1. The van der Waals surface area contributed by atoms with Crippen LogP contribution >= 0.6 is 0 Å². The third-order valence-electron chi connectivity index (χ3n) is 4.21. The van der Waals surface area contributed by atoms with Crippen molar-refractivity contribution in [3.8, 4) is 5.75 Å². The van der Waals surface area contributed by atoms with Crippen LogP contribution in [0.5, 0.6) is 5.75 Å². The number of aryl methyl sites for hydroxylation is 1. The van der Waals surface area contributed by atoms with E-state index in [9.17, 15) is 15.2 Å². The Morgan fingerprint density at radius 3 is 2.55 bits per heavy atom. The van der Waals surface area contributed by atoms with E-state index >= 15 is 0 Å². The van der Waals surface area contributed by atoms with E-state index in [2.05, 4.69) is 24.1 Å². The molecule has 1 fully saturated rings. The van der Waals surface area contributed by atoms with E-state index in [0.717, 1.165) is 32.6 Å². The predicted molar refractivity (Wildman–Crippen MR) is 86.1 cm³/mol. The van der Waals surface area contributed by atoms with Crippen LogP contribution < -0.4 is 5.32 Å². The average molecular weight is 307 g/mol. The Morgan fingerprint density at radius 2 is 2.00 bits per heavy atom. The molecule has 122 valence electrons. The number of nitro groups is 1. The van der Waals surface area contributed by atoms with E-state index in [1.54, 1.807) is 13.0 Å². The van der Waals surface area contributed by atoms with Crippen LogP contribution in [0.3, 0.4) is 0 Å². The third kappa shape index (κ3) is 3.56. The number of nitro benzene ring substituents is 1. The lowest BCUT2D eigenvalue weighted by Gasteiger charge is -2.36. The van der Waals surface area contributed by atoms with Crippen molar-refractivity contribution in [3.05, 3.63) is 33.4 Å². The summed E-state index contributed by atoms with van der Waals surface area (Å²) in [6, 6.07) is 3.59. The second kappa shape index (κ2) is 7.07. The van der Waals surface area contributed by atoms with Crippen LogP contribution in [0.15, 0.2) is 12.1 Å². The Hall–Kier alpha value is -1.66. The van der Waals surface area contributed by atoms with Crippen LogP contribution in [0.25, 0.3) is 0 Å². The van der Waals surface area contributed by atoms with Crippen molar-refractivity contribution >= 4 is 5.69 Å². The van der Waals surface area contributed by atoms with Gasteiger partial charge in [-0.2, -0.15) is 0 Å². The summed E-state index contributed by atoms with van der Waals surface area (Å²) in [7, 11) is 0. The molecule has 1 heterocycles. The predicted octanol–water partition coefficient (Wildman–Crippen LogP) is 2.60. The molecule has 0 unspecified atom stereocenters. The largest absolute Gasteiger partial charge is 0.502 e. The summed E-state index contributed by atoms with van der Waals surface area (Å²) < 4.78 is 0. The number of nitrogens with one attached hydrogen (secondary N) is 1. The molecule has 2 rings (SSSR count). The molecule has 1 aliphatic rings. The van der Waals surface area contributed by atoms with Gasteiger partial charge in [0, 0.05) is 43.3 Å².